The first-order chi connectivity index (χ1) is 6.17. The van der Waals surface area contributed by atoms with Crippen molar-refractivity contribution in [3.05, 3.63) is 26.8 Å². The summed E-state index contributed by atoms with van der Waals surface area (Å²) in [5.41, 5.74) is 12.5. The molecule has 0 aliphatic carbocycles. The zero-order valence-corrected chi connectivity index (χ0v) is 7.54. The van der Waals surface area contributed by atoms with E-state index in [2.05, 4.69) is 0 Å². The van der Waals surface area contributed by atoms with Crippen LogP contribution in [0.2, 0.25) is 0 Å². The maximum atomic E-state index is 10.4. The van der Waals surface area contributed by atoms with Gasteiger partial charge >= 0.3 is 5.97 Å². The van der Waals surface area contributed by atoms with Crippen molar-refractivity contribution in [1.82, 2.24) is 0 Å². The molecule has 0 radical (unpaired) electrons. The molecule has 7 heteroatoms. The van der Waals surface area contributed by atoms with Gasteiger partial charge in [-0.05, 0) is 10.4 Å². The van der Waals surface area contributed by atoms with Crippen LogP contribution in [-0.4, -0.2) is 18.2 Å². The monoisotopic (exact) mass is 201 g/mol. The Kier molecular flexibility index (Phi) is 5.09. The third kappa shape index (κ3) is 3.46. The zero-order chi connectivity index (χ0) is 10.3. The topological polar surface area (TPSA) is 107 Å². The van der Waals surface area contributed by atoms with Crippen molar-refractivity contribution in [2.45, 2.75) is 0 Å². The molecule has 1 aromatic heterocycles. The average molecular weight is 201 g/mol. The SMILES string of the molecule is COc1cscc1C(=O)O.[N-]=[N+]=N. The Morgan fingerprint density at radius 3 is 2.62 bits per heavy atom. The van der Waals surface area contributed by atoms with Crippen molar-refractivity contribution in [2.24, 2.45) is 0 Å². The van der Waals surface area contributed by atoms with Crippen molar-refractivity contribution in [2.75, 3.05) is 7.11 Å². The predicted octanol–water partition coefficient (Wildman–Crippen LogP) is 2.33. The Morgan fingerprint density at radius 1 is 1.77 bits per heavy atom. The fourth-order valence-electron chi connectivity index (χ4n) is 0.599. The lowest BCUT2D eigenvalue weighted by Gasteiger charge is -1.94. The molecule has 1 rings (SSSR count). The highest BCUT2D eigenvalue weighted by Crippen LogP contribution is 2.22. The molecule has 0 unspecified atom stereocenters. The number of methoxy groups -OCH3 is 1. The number of nitrogens with zero attached hydrogens (tertiary/aromatic N) is 2. The number of ether oxygens (including phenoxy) is 1. The van der Waals surface area contributed by atoms with Crippen LogP contribution in [0, 0.1) is 5.53 Å². The van der Waals surface area contributed by atoms with E-state index in [1.54, 1.807) is 15.7 Å². The maximum Gasteiger partial charge on any atom is 0.340 e. The molecule has 2 N–H and O–H groups in total. The van der Waals surface area contributed by atoms with E-state index >= 15 is 0 Å². The maximum absolute atomic E-state index is 10.4. The van der Waals surface area contributed by atoms with Gasteiger partial charge in [-0.2, -0.15) is 0 Å². The van der Waals surface area contributed by atoms with E-state index in [-0.39, 0.29) is 5.56 Å². The molecule has 0 bridgehead atoms. The van der Waals surface area contributed by atoms with E-state index in [1.807, 2.05) is 0 Å². The van der Waals surface area contributed by atoms with Gasteiger partial charge in [0.15, 0.2) is 0 Å². The fourth-order valence-corrected chi connectivity index (χ4v) is 1.37. The summed E-state index contributed by atoms with van der Waals surface area (Å²) in [6.45, 7) is 0. The summed E-state index contributed by atoms with van der Waals surface area (Å²) in [5, 5.41) is 11.7. The van der Waals surface area contributed by atoms with E-state index in [4.69, 9.17) is 20.9 Å². The van der Waals surface area contributed by atoms with Gasteiger partial charge in [0, 0.05) is 10.8 Å². The second-order valence-corrected chi connectivity index (χ2v) is 2.50. The van der Waals surface area contributed by atoms with Gasteiger partial charge in [0.25, 0.3) is 0 Å². The Balaban J connectivity index is 0.000000424. The van der Waals surface area contributed by atoms with Gasteiger partial charge in [-0.3, -0.25) is 0 Å². The van der Waals surface area contributed by atoms with E-state index in [1.165, 1.54) is 18.4 Å². The quantitative estimate of drug-likeness (QED) is 0.435. The van der Waals surface area contributed by atoms with Gasteiger partial charge in [0.1, 0.15) is 11.3 Å². The van der Waals surface area contributed by atoms with Crippen LogP contribution in [-0.2, 0) is 0 Å². The van der Waals surface area contributed by atoms with Gasteiger partial charge in [-0.25, -0.2) is 4.79 Å². The smallest absolute Gasteiger partial charge is 0.340 e. The third-order valence-electron chi connectivity index (χ3n) is 1.08. The largest absolute Gasteiger partial charge is 0.495 e. The summed E-state index contributed by atoms with van der Waals surface area (Å²) in [5.74, 6) is -0.518. The van der Waals surface area contributed by atoms with Crippen LogP contribution in [0.4, 0.5) is 0 Å². The molecule has 13 heavy (non-hydrogen) atoms. The molecule has 6 nitrogen and oxygen atoms in total. The Hall–Kier alpha value is -1.72. The van der Waals surface area contributed by atoms with Crippen molar-refractivity contribution >= 4 is 17.3 Å². The number of aromatic carboxylic acids is 1. The summed E-state index contributed by atoms with van der Waals surface area (Å²) in [4.78, 5) is 12.1. The summed E-state index contributed by atoms with van der Waals surface area (Å²) in [6, 6.07) is 0. The molecular weight excluding hydrogens is 194 g/mol. The van der Waals surface area contributed by atoms with Crippen molar-refractivity contribution < 1.29 is 14.6 Å². The van der Waals surface area contributed by atoms with Gasteiger partial charge in [0.2, 0.25) is 0 Å². The third-order valence-corrected chi connectivity index (χ3v) is 1.80. The van der Waals surface area contributed by atoms with E-state index < -0.39 is 5.97 Å². The summed E-state index contributed by atoms with van der Waals surface area (Å²) in [7, 11) is 1.45. The molecule has 0 saturated heterocycles. The standard InChI is InChI=1S/C6H6O3S.HN3/c1-9-5-3-10-2-4(5)6(7)8;1-3-2/h2-3H,1H3,(H,7,8);1H. The molecule has 0 spiro atoms. The van der Waals surface area contributed by atoms with Gasteiger partial charge < -0.3 is 9.84 Å². The predicted molar refractivity (Wildman–Crippen MR) is 47.3 cm³/mol. The molecular formula is C6H7N3O3S. The number of hydrogen-bond donors (Lipinski definition) is 2. The first kappa shape index (κ1) is 11.3. The molecule has 1 aromatic rings. The minimum absolute atomic E-state index is 0.229. The highest BCUT2D eigenvalue weighted by atomic mass is 32.1. The molecule has 0 amide bonds. The molecule has 0 fully saturated rings. The first-order valence-electron chi connectivity index (χ1n) is 3.01. The second-order valence-electron chi connectivity index (χ2n) is 1.76. The molecule has 0 aliphatic heterocycles. The van der Waals surface area contributed by atoms with E-state index in [9.17, 15) is 4.79 Å². The zero-order valence-electron chi connectivity index (χ0n) is 6.72. The fraction of sp³-hybridized carbons (Fsp3) is 0.167. The lowest BCUT2D eigenvalue weighted by Crippen LogP contribution is -1.96. The lowest BCUT2D eigenvalue weighted by molar-refractivity contribution is 0.0694. The van der Waals surface area contributed by atoms with E-state index in [0.717, 1.165) is 0 Å². The normalized spacial score (nSPS) is 7.77. The highest BCUT2D eigenvalue weighted by molar-refractivity contribution is 7.08. The van der Waals surface area contributed by atoms with Crippen LogP contribution in [0.25, 0.3) is 10.4 Å². The van der Waals surface area contributed by atoms with Crippen LogP contribution in [0.3, 0.4) is 0 Å². The van der Waals surface area contributed by atoms with Crippen LogP contribution in [0.1, 0.15) is 10.4 Å². The molecule has 0 aromatic carbocycles. The van der Waals surface area contributed by atoms with Crippen LogP contribution in [0.5, 0.6) is 5.75 Å². The summed E-state index contributed by atoms with van der Waals surface area (Å²) >= 11 is 1.31. The summed E-state index contributed by atoms with van der Waals surface area (Å²) < 4.78 is 4.78. The van der Waals surface area contributed by atoms with Crippen molar-refractivity contribution in [1.29, 1.82) is 5.53 Å². The Morgan fingerprint density at radius 2 is 2.31 bits per heavy atom. The molecule has 1 heterocycles. The Labute approximate surface area is 77.8 Å². The van der Waals surface area contributed by atoms with E-state index in [0.29, 0.717) is 5.75 Å². The number of carboxylic acids is 1. The van der Waals surface area contributed by atoms with Crippen LogP contribution < -0.4 is 4.74 Å². The lowest BCUT2D eigenvalue weighted by atomic mass is 10.3. The van der Waals surface area contributed by atoms with Gasteiger partial charge in [0.05, 0.1) is 7.11 Å². The number of carbonyl (C=O) groups is 1. The molecule has 0 aliphatic rings. The summed E-state index contributed by atoms with van der Waals surface area (Å²) in [6.07, 6.45) is 0. The van der Waals surface area contributed by atoms with Crippen molar-refractivity contribution in [3.63, 3.8) is 0 Å². The average Bonchev–Trinajstić information content (AvgIpc) is 2.52. The minimum atomic E-state index is -0.946. The number of thiophene rings is 1. The second kappa shape index (κ2) is 5.87. The molecule has 70 valence electrons. The van der Waals surface area contributed by atoms with Crippen LogP contribution in [0.15, 0.2) is 10.8 Å². The molecule has 0 atom stereocenters. The number of rotatable bonds is 2. The molecule has 0 saturated carbocycles. The van der Waals surface area contributed by atoms with Gasteiger partial charge in [-0.1, -0.05) is 0 Å². The first-order valence-corrected chi connectivity index (χ1v) is 3.96. The highest BCUT2D eigenvalue weighted by Gasteiger charge is 2.09. The number of carboxylic acid groups (broad SMARTS) is 1. The Bertz CT molecular complexity index is 317. The van der Waals surface area contributed by atoms with Crippen LogP contribution >= 0.6 is 11.3 Å². The van der Waals surface area contributed by atoms with Crippen molar-refractivity contribution in [3.8, 4) is 5.75 Å². The minimum Gasteiger partial charge on any atom is -0.495 e. The number of hydrogen-bond acceptors (Lipinski definition) is 4. The van der Waals surface area contributed by atoms with Gasteiger partial charge in [-0.15, -0.1) is 16.9 Å². The number of nitrogens with one attached hydrogen (secondary N) is 1.